The molecule has 0 bridgehead atoms. The molecule has 0 N–H and O–H groups in total. The first-order valence-corrected chi connectivity index (χ1v) is 13.8. The van der Waals surface area contributed by atoms with Gasteiger partial charge in [0.25, 0.3) is 5.91 Å². The summed E-state index contributed by atoms with van der Waals surface area (Å²) >= 11 is 1.25. The molecule has 10 nitrogen and oxygen atoms in total. The average molecular weight is 532 g/mol. The molecule has 1 atom stereocenters. The zero-order valence-electron chi connectivity index (χ0n) is 19.6. The first-order valence-electron chi connectivity index (χ1n) is 11.5. The number of aromatic nitrogens is 1. The van der Waals surface area contributed by atoms with Crippen molar-refractivity contribution in [2.45, 2.75) is 24.3 Å². The van der Waals surface area contributed by atoms with Crippen LogP contribution in [0.15, 0.2) is 52.4 Å². The number of fused-ring (bicyclic) bond motifs is 2. The molecule has 2 aliphatic rings. The average Bonchev–Trinajstić information content (AvgIpc) is 3.22. The molecule has 0 spiro atoms. The van der Waals surface area contributed by atoms with Crippen molar-refractivity contribution in [1.82, 2.24) is 8.87 Å². The zero-order chi connectivity index (χ0) is 25.3. The second-order valence-electron chi connectivity index (χ2n) is 8.48. The van der Waals surface area contributed by atoms with Gasteiger partial charge >= 0.3 is 5.97 Å². The Balaban J connectivity index is 1.48. The molecule has 1 fully saturated rings. The quantitative estimate of drug-likeness (QED) is 0.463. The van der Waals surface area contributed by atoms with Gasteiger partial charge in [0.1, 0.15) is 19.8 Å². The minimum Gasteiger partial charge on any atom is -0.486 e. The van der Waals surface area contributed by atoms with Gasteiger partial charge in [-0.25, -0.2) is 8.42 Å². The largest absolute Gasteiger partial charge is 0.486 e. The summed E-state index contributed by atoms with van der Waals surface area (Å²) in [6.07, 6.45) is 1.08. The van der Waals surface area contributed by atoms with Gasteiger partial charge in [-0.1, -0.05) is 29.5 Å². The molecular formula is C24H25N3O7S2. The summed E-state index contributed by atoms with van der Waals surface area (Å²) in [7, 11) is -2.42. The number of amides is 1. The first-order chi connectivity index (χ1) is 17.4. The standard InChI is InChI=1S/C24H25N3O7S2/c1-32-22(28)15-27-18-12-19-20(34-11-10-33-19)13-21(18)35-24(27)25-23(29)16-6-5-9-26(14-16)36(30,31)17-7-3-2-4-8-17/h2-4,7-8,12-13,16H,5-6,9-11,14-15H2,1H3. The molecule has 0 saturated carbocycles. The molecule has 36 heavy (non-hydrogen) atoms. The van der Waals surface area contributed by atoms with E-state index in [1.54, 1.807) is 47.0 Å². The highest BCUT2D eigenvalue weighted by Crippen LogP contribution is 2.35. The number of benzene rings is 2. The molecule has 2 aromatic carbocycles. The molecule has 0 radical (unpaired) electrons. The van der Waals surface area contributed by atoms with Gasteiger partial charge in [0.05, 0.1) is 28.1 Å². The second kappa shape index (κ2) is 10.0. The number of sulfonamides is 1. The zero-order valence-corrected chi connectivity index (χ0v) is 21.2. The van der Waals surface area contributed by atoms with Gasteiger partial charge in [0.2, 0.25) is 10.0 Å². The fourth-order valence-corrected chi connectivity index (χ4v) is 6.92. The number of carbonyl (C=O) groups is 2. The summed E-state index contributed by atoms with van der Waals surface area (Å²) in [4.78, 5) is 30.3. The number of rotatable bonds is 5. The minimum atomic E-state index is -3.71. The summed E-state index contributed by atoms with van der Waals surface area (Å²) < 4.78 is 46.1. The van der Waals surface area contributed by atoms with Crippen molar-refractivity contribution in [1.29, 1.82) is 0 Å². The maximum absolute atomic E-state index is 13.3. The fraction of sp³-hybridized carbons (Fsp3) is 0.375. The molecule has 12 heteroatoms. The fourth-order valence-electron chi connectivity index (χ4n) is 4.33. The summed E-state index contributed by atoms with van der Waals surface area (Å²) in [5.41, 5.74) is 0.665. The van der Waals surface area contributed by atoms with E-state index in [4.69, 9.17) is 14.2 Å². The molecule has 3 heterocycles. The van der Waals surface area contributed by atoms with Crippen molar-refractivity contribution in [3.8, 4) is 11.5 Å². The number of ether oxygens (including phenoxy) is 3. The van der Waals surface area contributed by atoms with E-state index in [-0.39, 0.29) is 18.0 Å². The Bertz CT molecular complexity index is 1480. The van der Waals surface area contributed by atoms with E-state index in [0.29, 0.717) is 54.4 Å². The van der Waals surface area contributed by atoms with E-state index < -0.39 is 27.8 Å². The highest BCUT2D eigenvalue weighted by molar-refractivity contribution is 7.89. The lowest BCUT2D eigenvalue weighted by Crippen LogP contribution is -2.42. The van der Waals surface area contributed by atoms with Crippen LogP contribution >= 0.6 is 11.3 Å². The highest BCUT2D eigenvalue weighted by atomic mass is 32.2. The van der Waals surface area contributed by atoms with Crippen LogP contribution in [0.2, 0.25) is 0 Å². The number of carbonyl (C=O) groups excluding carboxylic acids is 2. The molecule has 2 aliphatic heterocycles. The van der Waals surface area contributed by atoms with Crippen LogP contribution in [-0.4, -0.2) is 62.6 Å². The van der Waals surface area contributed by atoms with Crippen molar-refractivity contribution >= 4 is 43.5 Å². The van der Waals surface area contributed by atoms with Gasteiger partial charge in [-0.05, 0) is 25.0 Å². The van der Waals surface area contributed by atoms with Gasteiger partial charge in [0, 0.05) is 25.2 Å². The second-order valence-corrected chi connectivity index (χ2v) is 11.4. The number of piperidine rings is 1. The van der Waals surface area contributed by atoms with Gasteiger partial charge in [-0.3, -0.25) is 9.59 Å². The number of hydrogen-bond acceptors (Lipinski definition) is 8. The van der Waals surface area contributed by atoms with Gasteiger partial charge in [-0.2, -0.15) is 9.30 Å². The Hall–Kier alpha value is -3.22. The lowest BCUT2D eigenvalue weighted by atomic mass is 9.99. The van der Waals surface area contributed by atoms with Crippen LogP contribution in [0.1, 0.15) is 12.8 Å². The Labute approximate surface area is 211 Å². The van der Waals surface area contributed by atoms with Crippen molar-refractivity contribution < 1.29 is 32.2 Å². The summed E-state index contributed by atoms with van der Waals surface area (Å²) in [6.45, 7) is 1.11. The molecule has 1 aromatic heterocycles. The lowest BCUT2D eigenvalue weighted by Gasteiger charge is -2.30. The molecular weight excluding hydrogens is 506 g/mol. The predicted molar refractivity (Wildman–Crippen MR) is 131 cm³/mol. The van der Waals surface area contributed by atoms with Crippen molar-refractivity contribution in [2.75, 3.05) is 33.4 Å². The third kappa shape index (κ3) is 4.75. The Morgan fingerprint density at radius 1 is 1.14 bits per heavy atom. The van der Waals surface area contributed by atoms with E-state index >= 15 is 0 Å². The normalized spacial score (nSPS) is 18.8. The third-order valence-electron chi connectivity index (χ3n) is 6.18. The first kappa shape index (κ1) is 24.5. The van der Waals surface area contributed by atoms with Gasteiger partial charge in [-0.15, -0.1) is 0 Å². The van der Waals surface area contributed by atoms with Crippen LogP contribution < -0.4 is 14.3 Å². The van der Waals surface area contributed by atoms with E-state index in [9.17, 15) is 18.0 Å². The Kier molecular flexibility index (Phi) is 6.82. The van der Waals surface area contributed by atoms with Crippen LogP contribution in [0.25, 0.3) is 10.2 Å². The van der Waals surface area contributed by atoms with Crippen LogP contribution in [0, 0.1) is 5.92 Å². The van der Waals surface area contributed by atoms with Crippen LogP contribution in [0.4, 0.5) is 0 Å². The molecule has 3 aromatic rings. The molecule has 1 amide bonds. The minimum absolute atomic E-state index is 0.0530. The number of methoxy groups -OCH3 is 1. The van der Waals surface area contributed by atoms with Gasteiger partial charge in [0.15, 0.2) is 16.3 Å². The highest BCUT2D eigenvalue weighted by Gasteiger charge is 2.33. The lowest BCUT2D eigenvalue weighted by molar-refractivity contribution is -0.141. The molecule has 190 valence electrons. The molecule has 5 rings (SSSR count). The number of esters is 1. The molecule has 1 unspecified atom stereocenters. The number of hydrogen-bond donors (Lipinski definition) is 0. The topological polar surface area (TPSA) is 116 Å². The number of thiazole rings is 1. The van der Waals surface area contributed by atoms with Crippen molar-refractivity contribution in [3.05, 3.63) is 47.3 Å². The molecule has 1 saturated heterocycles. The number of nitrogens with zero attached hydrogens (tertiary/aromatic N) is 3. The summed E-state index contributed by atoms with van der Waals surface area (Å²) in [5, 5.41) is 0. The maximum Gasteiger partial charge on any atom is 0.325 e. The van der Waals surface area contributed by atoms with Crippen molar-refractivity contribution in [3.63, 3.8) is 0 Å². The SMILES string of the molecule is COC(=O)Cn1c(=NC(=O)C2CCCN(S(=O)(=O)c3ccccc3)C2)sc2cc3c(cc21)OCCO3. The summed E-state index contributed by atoms with van der Waals surface area (Å²) in [6, 6.07) is 11.8. The Morgan fingerprint density at radius 3 is 2.58 bits per heavy atom. The predicted octanol–water partition coefficient (Wildman–Crippen LogP) is 2.18. The van der Waals surface area contributed by atoms with E-state index in [2.05, 4.69) is 4.99 Å². The van der Waals surface area contributed by atoms with Crippen LogP contribution in [0.5, 0.6) is 11.5 Å². The smallest absolute Gasteiger partial charge is 0.325 e. The maximum atomic E-state index is 13.3. The van der Waals surface area contributed by atoms with E-state index in [1.165, 1.54) is 22.8 Å². The van der Waals surface area contributed by atoms with Crippen LogP contribution in [-0.2, 0) is 30.9 Å². The monoisotopic (exact) mass is 531 g/mol. The van der Waals surface area contributed by atoms with Crippen LogP contribution in [0.3, 0.4) is 0 Å². The van der Waals surface area contributed by atoms with Crippen molar-refractivity contribution in [2.24, 2.45) is 10.9 Å². The van der Waals surface area contributed by atoms with E-state index in [1.807, 2.05) is 0 Å². The third-order valence-corrected chi connectivity index (χ3v) is 9.10. The van der Waals surface area contributed by atoms with Gasteiger partial charge < -0.3 is 18.8 Å². The molecule has 0 aliphatic carbocycles. The Morgan fingerprint density at radius 2 is 1.86 bits per heavy atom. The summed E-state index contributed by atoms with van der Waals surface area (Å²) in [5.74, 6) is -0.361. The van der Waals surface area contributed by atoms with E-state index in [0.717, 1.165) is 4.70 Å².